The van der Waals surface area contributed by atoms with Crippen LogP contribution in [-0.4, -0.2) is 28.0 Å². The Morgan fingerprint density at radius 3 is 2.65 bits per heavy atom. The fourth-order valence-corrected chi connectivity index (χ4v) is 3.85. The van der Waals surface area contributed by atoms with Crippen molar-refractivity contribution in [2.24, 2.45) is 0 Å². The van der Waals surface area contributed by atoms with Gasteiger partial charge in [-0.05, 0) is 49.2 Å². The van der Waals surface area contributed by atoms with E-state index in [0.717, 1.165) is 5.56 Å². The Balaban J connectivity index is 1.86. The fourth-order valence-electron chi connectivity index (χ4n) is 2.75. The van der Waals surface area contributed by atoms with Crippen LogP contribution >= 0.6 is 0 Å². The monoisotopic (exact) mass is 376 g/mol. The summed E-state index contributed by atoms with van der Waals surface area (Å²) < 4.78 is 38.6. The summed E-state index contributed by atoms with van der Waals surface area (Å²) in [5.41, 5.74) is 1.83. The maximum atomic E-state index is 12.7. The molecule has 0 fully saturated rings. The molecule has 2 aromatic carbocycles. The third kappa shape index (κ3) is 3.75. The van der Waals surface area contributed by atoms with Gasteiger partial charge in [0.05, 0.1) is 24.3 Å². The largest absolute Gasteiger partial charge is 0.493 e. The van der Waals surface area contributed by atoms with Gasteiger partial charge in [-0.2, -0.15) is 0 Å². The molecule has 1 aliphatic rings. The second-order valence-corrected chi connectivity index (χ2v) is 7.45. The van der Waals surface area contributed by atoms with Gasteiger partial charge in [-0.15, -0.1) is 0 Å². The highest BCUT2D eigenvalue weighted by molar-refractivity contribution is 7.92. The molecule has 0 radical (unpaired) electrons. The van der Waals surface area contributed by atoms with Crippen LogP contribution in [0.4, 0.5) is 11.4 Å². The van der Waals surface area contributed by atoms with Gasteiger partial charge in [0.2, 0.25) is 5.91 Å². The third-order valence-corrected chi connectivity index (χ3v) is 5.38. The molecule has 0 aliphatic carbocycles. The summed E-state index contributed by atoms with van der Waals surface area (Å²) in [6.45, 7) is 2.33. The summed E-state index contributed by atoms with van der Waals surface area (Å²) in [4.78, 5) is 11.6. The van der Waals surface area contributed by atoms with Crippen LogP contribution in [0.3, 0.4) is 0 Å². The van der Waals surface area contributed by atoms with Gasteiger partial charge < -0.3 is 14.8 Å². The zero-order chi connectivity index (χ0) is 18.7. The molecule has 3 rings (SSSR count). The Hall–Kier alpha value is -2.74. The number of fused-ring (bicyclic) bond motifs is 1. The number of nitrogens with one attached hydrogen (secondary N) is 2. The number of hydrogen-bond acceptors (Lipinski definition) is 5. The molecule has 0 atom stereocenters. The first-order valence-corrected chi connectivity index (χ1v) is 9.67. The maximum absolute atomic E-state index is 12.7. The second-order valence-electron chi connectivity index (χ2n) is 5.77. The van der Waals surface area contributed by atoms with E-state index in [1.54, 1.807) is 30.3 Å². The zero-order valence-electron chi connectivity index (χ0n) is 14.5. The van der Waals surface area contributed by atoms with E-state index < -0.39 is 10.0 Å². The Kier molecular flexibility index (Phi) is 5.03. The topological polar surface area (TPSA) is 93.7 Å². The minimum absolute atomic E-state index is 0.0623. The van der Waals surface area contributed by atoms with Crippen LogP contribution in [0.2, 0.25) is 0 Å². The number of hydrogen-bond donors (Lipinski definition) is 2. The molecule has 0 spiro atoms. The predicted octanol–water partition coefficient (Wildman–Crippen LogP) is 2.78. The van der Waals surface area contributed by atoms with Crippen LogP contribution in [0, 0.1) is 0 Å². The predicted molar refractivity (Wildman–Crippen MR) is 98.4 cm³/mol. The van der Waals surface area contributed by atoms with Crippen LogP contribution in [0.15, 0.2) is 41.3 Å². The van der Waals surface area contributed by atoms with Crippen LogP contribution in [0.5, 0.6) is 11.5 Å². The van der Waals surface area contributed by atoms with Gasteiger partial charge in [-0.25, -0.2) is 8.42 Å². The van der Waals surface area contributed by atoms with Crippen molar-refractivity contribution in [2.45, 2.75) is 24.7 Å². The van der Waals surface area contributed by atoms with Crippen molar-refractivity contribution in [2.75, 3.05) is 23.8 Å². The lowest BCUT2D eigenvalue weighted by Crippen LogP contribution is -2.20. The van der Waals surface area contributed by atoms with Gasteiger partial charge in [0.15, 0.2) is 11.5 Å². The first kappa shape index (κ1) is 18.1. The molecule has 2 N–H and O–H groups in total. The van der Waals surface area contributed by atoms with E-state index in [-0.39, 0.29) is 10.8 Å². The normalized spacial score (nSPS) is 13.5. The van der Waals surface area contributed by atoms with E-state index in [9.17, 15) is 13.2 Å². The van der Waals surface area contributed by atoms with Crippen molar-refractivity contribution in [3.8, 4) is 11.5 Å². The van der Waals surface area contributed by atoms with Gasteiger partial charge in [-0.1, -0.05) is 0 Å². The quantitative estimate of drug-likeness (QED) is 0.809. The molecular formula is C18H20N2O5S. The molecule has 138 valence electrons. The number of amides is 1. The lowest BCUT2D eigenvalue weighted by atomic mass is 10.0. The van der Waals surface area contributed by atoms with Gasteiger partial charge in [0, 0.05) is 18.2 Å². The lowest BCUT2D eigenvalue weighted by molar-refractivity contribution is -0.116. The van der Waals surface area contributed by atoms with E-state index in [4.69, 9.17) is 9.47 Å². The summed E-state index contributed by atoms with van der Waals surface area (Å²) in [7, 11) is -2.28. The second kappa shape index (κ2) is 7.25. The fraction of sp³-hybridized carbons (Fsp3) is 0.278. The van der Waals surface area contributed by atoms with Crippen molar-refractivity contribution in [1.29, 1.82) is 0 Å². The molecule has 7 nitrogen and oxygen atoms in total. The van der Waals surface area contributed by atoms with Crippen molar-refractivity contribution in [3.05, 3.63) is 42.0 Å². The van der Waals surface area contributed by atoms with Crippen molar-refractivity contribution >= 4 is 27.3 Å². The van der Waals surface area contributed by atoms with Crippen molar-refractivity contribution < 1.29 is 22.7 Å². The van der Waals surface area contributed by atoms with Crippen molar-refractivity contribution in [1.82, 2.24) is 0 Å². The Bertz CT molecular complexity index is 941. The van der Waals surface area contributed by atoms with Gasteiger partial charge >= 0.3 is 0 Å². The van der Waals surface area contributed by atoms with Crippen LogP contribution in [0.1, 0.15) is 18.9 Å². The highest BCUT2D eigenvalue weighted by Crippen LogP contribution is 2.32. The molecule has 0 saturated heterocycles. The number of rotatable bonds is 6. The molecule has 2 aromatic rings. The van der Waals surface area contributed by atoms with Gasteiger partial charge in [0.25, 0.3) is 10.0 Å². The molecule has 1 heterocycles. The standard InChI is InChI=1S/C18H20N2O5S/c1-3-25-16-8-5-13(11-17(16)24-2)20-26(22,23)14-6-7-15-12(10-14)4-9-18(21)19-15/h5-8,10-11,20H,3-4,9H2,1-2H3,(H,19,21). The molecule has 1 aliphatic heterocycles. The summed E-state index contributed by atoms with van der Waals surface area (Å²) in [6.07, 6.45) is 0.863. The molecule has 26 heavy (non-hydrogen) atoms. The van der Waals surface area contributed by atoms with E-state index >= 15 is 0 Å². The SMILES string of the molecule is CCOc1ccc(NS(=O)(=O)c2ccc3c(c2)CCC(=O)N3)cc1OC. The van der Waals surface area contributed by atoms with Gasteiger partial charge in [-0.3, -0.25) is 9.52 Å². The average molecular weight is 376 g/mol. The minimum Gasteiger partial charge on any atom is -0.493 e. The van der Waals surface area contributed by atoms with E-state index in [2.05, 4.69) is 10.0 Å². The number of aryl methyl sites for hydroxylation is 1. The smallest absolute Gasteiger partial charge is 0.261 e. The van der Waals surface area contributed by atoms with Gasteiger partial charge in [0.1, 0.15) is 0 Å². The first-order chi connectivity index (χ1) is 12.4. The first-order valence-electron chi connectivity index (χ1n) is 8.19. The maximum Gasteiger partial charge on any atom is 0.261 e. The summed E-state index contributed by atoms with van der Waals surface area (Å²) in [5, 5.41) is 2.74. The number of sulfonamides is 1. The molecule has 8 heteroatoms. The number of benzene rings is 2. The lowest BCUT2D eigenvalue weighted by Gasteiger charge is -2.18. The highest BCUT2D eigenvalue weighted by Gasteiger charge is 2.20. The summed E-state index contributed by atoms with van der Waals surface area (Å²) >= 11 is 0. The molecule has 0 aromatic heterocycles. The Morgan fingerprint density at radius 2 is 1.92 bits per heavy atom. The summed E-state index contributed by atoms with van der Waals surface area (Å²) in [5.74, 6) is 0.926. The van der Waals surface area contributed by atoms with Crippen LogP contribution in [0.25, 0.3) is 0 Å². The average Bonchev–Trinajstić information content (AvgIpc) is 2.62. The number of carbonyl (C=O) groups is 1. The Morgan fingerprint density at radius 1 is 1.12 bits per heavy atom. The molecule has 0 saturated carbocycles. The molecule has 1 amide bonds. The number of methoxy groups -OCH3 is 1. The summed E-state index contributed by atoms with van der Waals surface area (Å²) in [6, 6.07) is 9.51. The Labute approximate surface area is 152 Å². The number of anilines is 2. The number of carbonyl (C=O) groups excluding carboxylic acids is 1. The molecule has 0 unspecified atom stereocenters. The van der Waals surface area contributed by atoms with E-state index in [1.165, 1.54) is 13.2 Å². The van der Waals surface area contributed by atoms with Crippen molar-refractivity contribution in [3.63, 3.8) is 0 Å². The van der Waals surface area contributed by atoms with Crippen LogP contribution < -0.4 is 19.5 Å². The number of ether oxygens (including phenoxy) is 2. The third-order valence-electron chi connectivity index (χ3n) is 4.00. The molecular weight excluding hydrogens is 356 g/mol. The zero-order valence-corrected chi connectivity index (χ0v) is 15.4. The van der Waals surface area contributed by atoms with Crippen LogP contribution in [-0.2, 0) is 21.2 Å². The van der Waals surface area contributed by atoms with E-state index in [1.807, 2.05) is 6.92 Å². The molecule has 0 bridgehead atoms. The van der Waals surface area contributed by atoms with E-state index in [0.29, 0.717) is 42.3 Å². The minimum atomic E-state index is -3.77. The highest BCUT2D eigenvalue weighted by atomic mass is 32.2.